The predicted octanol–water partition coefficient (Wildman–Crippen LogP) is 3.56. The molecule has 1 fully saturated rings. The lowest BCUT2D eigenvalue weighted by Crippen LogP contribution is -2.25. The Kier molecular flexibility index (Phi) is 3.96. The summed E-state index contributed by atoms with van der Waals surface area (Å²) in [6.07, 6.45) is 6.08. The van der Waals surface area contributed by atoms with Crippen molar-refractivity contribution in [2.75, 3.05) is 11.6 Å². The fraction of sp³-hybridized carbons (Fsp3) is 0.500. The van der Waals surface area contributed by atoms with Crippen molar-refractivity contribution >= 4 is 17.4 Å². The molecule has 1 aliphatic rings. The molecule has 2 atom stereocenters. The summed E-state index contributed by atoms with van der Waals surface area (Å²) in [4.78, 5) is 0. The van der Waals surface area contributed by atoms with Gasteiger partial charge in [-0.2, -0.15) is 17.0 Å². The van der Waals surface area contributed by atoms with E-state index in [1.54, 1.807) is 0 Å². The summed E-state index contributed by atoms with van der Waals surface area (Å²) in [6, 6.07) is 8.78. The van der Waals surface area contributed by atoms with Gasteiger partial charge in [0.1, 0.15) is 0 Å². The van der Waals surface area contributed by atoms with Crippen LogP contribution in [0.2, 0.25) is 0 Å². The molecule has 0 bridgehead atoms. The first kappa shape index (κ1) is 12.3. The zero-order chi connectivity index (χ0) is 12.3. The monoisotopic (exact) mass is 246 g/mol. The van der Waals surface area contributed by atoms with Crippen LogP contribution in [0.5, 0.6) is 0 Å². The number of aryl methyl sites for hydroxylation is 1. The molecule has 2 nitrogen and oxygen atoms in total. The van der Waals surface area contributed by atoms with E-state index < -0.39 is 0 Å². The number of nitrogens with zero attached hydrogens (tertiary/aromatic N) is 1. The molecule has 1 aliphatic carbocycles. The topological polar surface area (TPSA) is 35.8 Å². The minimum Gasteiger partial charge on any atom is -0.381 e. The zero-order valence-corrected chi connectivity index (χ0v) is 11.2. The normalized spacial score (nSPS) is 23.4. The summed E-state index contributed by atoms with van der Waals surface area (Å²) in [5.41, 5.74) is 2.96. The van der Waals surface area contributed by atoms with E-state index in [2.05, 4.69) is 23.7 Å². The van der Waals surface area contributed by atoms with E-state index in [0.717, 1.165) is 22.1 Å². The van der Waals surface area contributed by atoms with Crippen LogP contribution >= 0.6 is 11.8 Å². The number of thioether (sulfide) groups is 1. The Balaban J connectivity index is 2.09. The maximum atomic E-state index is 8.90. The number of anilines is 1. The van der Waals surface area contributed by atoms with Gasteiger partial charge >= 0.3 is 0 Å². The van der Waals surface area contributed by atoms with Crippen LogP contribution in [0.4, 0.5) is 5.69 Å². The van der Waals surface area contributed by atoms with Gasteiger partial charge in [0.15, 0.2) is 0 Å². The molecule has 90 valence electrons. The smallest absolute Gasteiger partial charge is 0.0994 e. The molecule has 0 heterocycles. The van der Waals surface area contributed by atoms with Crippen LogP contribution in [0.25, 0.3) is 0 Å². The van der Waals surface area contributed by atoms with Gasteiger partial charge in [0.05, 0.1) is 11.6 Å². The highest BCUT2D eigenvalue weighted by molar-refractivity contribution is 7.99. The molecule has 1 aromatic carbocycles. The van der Waals surface area contributed by atoms with Crippen molar-refractivity contribution in [2.24, 2.45) is 0 Å². The van der Waals surface area contributed by atoms with Crippen molar-refractivity contribution in [3.63, 3.8) is 0 Å². The summed E-state index contributed by atoms with van der Waals surface area (Å²) in [7, 11) is 0. The highest BCUT2D eigenvalue weighted by atomic mass is 32.2. The van der Waals surface area contributed by atoms with Gasteiger partial charge in [0.25, 0.3) is 0 Å². The molecule has 3 heteroatoms. The summed E-state index contributed by atoms with van der Waals surface area (Å²) in [5.74, 6) is 0. The van der Waals surface area contributed by atoms with E-state index >= 15 is 0 Å². The van der Waals surface area contributed by atoms with Crippen molar-refractivity contribution in [3.05, 3.63) is 29.3 Å². The van der Waals surface area contributed by atoms with Gasteiger partial charge in [-0.25, -0.2) is 0 Å². The second-order valence-electron chi connectivity index (χ2n) is 4.60. The minimum atomic E-state index is 0.581. The summed E-state index contributed by atoms with van der Waals surface area (Å²) in [6.45, 7) is 1.99. The van der Waals surface area contributed by atoms with Crippen LogP contribution in [0.1, 0.15) is 30.4 Å². The van der Waals surface area contributed by atoms with Gasteiger partial charge in [-0.15, -0.1) is 0 Å². The molecule has 2 unspecified atom stereocenters. The molecule has 1 aromatic rings. The Hall–Kier alpha value is -1.14. The van der Waals surface area contributed by atoms with E-state index in [-0.39, 0.29) is 0 Å². The molecule has 17 heavy (non-hydrogen) atoms. The maximum Gasteiger partial charge on any atom is 0.0994 e. The van der Waals surface area contributed by atoms with Gasteiger partial charge < -0.3 is 5.32 Å². The number of rotatable bonds is 3. The second kappa shape index (κ2) is 5.46. The lowest BCUT2D eigenvalue weighted by molar-refractivity contribution is 0.768. The molecule has 0 amide bonds. The Morgan fingerprint density at radius 1 is 1.41 bits per heavy atom. The third-order valence-electron chi connectivity index (χ3n) is 3.45. The molecule has 0 saturated heterocycles. The second-order valence-corrected chi connectivity index (χ2v) is 5.67. The van der Waals surface area contributed by atoms with Crippen LogP contribution in [0.3, 0.4) is 0 Å². The fourth-order valence-corrected chi connectivity index (χ4v) is 3.40. The van der Waals surface area contributed by atoms with E-state index in [0.29, 0.717) is 6.04 Å². The van der Waals surface area contributed by atoms with Gasteiger partial charge in [0.2, 0.25) is 0 Å². The third kappa shape index (κ3) is 2.76. The van der Waals surface area contributed by atoms with E-state index in [9.17, 15) is 0 Å². The first-order valence-electron chi connectivity index (χ1n) is 6.04. The van der Waals surface area contributed by atoms with Crippen LogP contribution < -0.4 is 5.32 Å². The summed E-state index contributed by atoms with van der Waals surface area (Å²) in [5, 5.41) is 13.2. The largest absolute Gasteiger partial charge is 0.381 e. The van der Waals surface area contributed by atoms with Crippen LogP contribution in [-0.2, 0) is 0 Å². The van der Waals surface area contributed by atoms with Gasteiger partial charge in [-0.05, 0) is 49.8 Å². The van der Waals surface area contributed by atoms with E-state index in [4.69, 9.17) is 5.26 Å². The van der Waals surface area contributed by atoms with Crippen molar-refractivity contribution in [2.45, 2.75) is 37.5 Å². The van der Waals surface area contributed by atoms with Crippen LogP contribution in [-0.4, -0.2) is 17.5 Å². The number of hydrogen-bond donors (Lipinski definition) is 1. The predicted molar refractivity (Wildman–Crippen MR) is 74.5 cm³/mol. The minimum absolute atomic E-state index is 0.581. The average molecular weight is 246 g/mol. The van der Waals surface area contributed by atoms with Crippen molar-refractivity contribution in [1.29, 1.82) is 5.26 Å². The Labute approximate surface area is 107 Å². The zero-order valence-electron chi connectivity index (χ0n) is 10.4. The number of nitrogens with one attached hydrogen (secondary N) is 1. The van der Waals surface area contributed by atoms with Crippen LogP contribution in [0.15, 0.2) is 18.2 Å². The quantitative estimate of drug-likeness (QED) is 0.885. The number of nitriles is 1. The molecule has 0 aliphatic heterocycles. The Morgan fingerprint density at radius 2 is 2.24 bits per heavy atom. The maximum absolute atomic E-state index is 8.90. The standard InChI is InChI=1S/C14H18N2S/c1-10-8-12(7-6-11(10)9-15)16-13-4-3-5-14(13)17-2/h6-8,13-14,16H,3-5H2,1-2H3. The van der Waals surface area contributed by atoms with Gasteiger partial charge in [0, 0.05) is 17.0 Å². The highest BCUT2D eigenvalue weighted by Gasteiger charge is 2.26. The van der Waals surface area contributed by atoms with Gasteiger partial charge in [-0.3, -0.25) is 0 Å². The Bertz CT molecular complexity index is 436. The molecule has 2 rings (SSSR count). The average Bonchev–Trinajstić information content (AvgIpc) is 2.76. The van der Waals surface area contributed by atoms with Crippen molar-refractivity contribution in [3.8, 4) is 6.07 Å². The SMILES string of the molecule is CSC1CCCC1Nc1ccc(C#N)c(C)c1. The van der Waals surface area contributed by atoms with Crippen molar-refractivity contribution in [1.82, 2.24) is 0 Å². The molecular formula is C14H18N2S. The van der Waals surface area contributed by atoms with E-state index in [1.807, 2.05) is 30.8 Å². The highest BCUT2D eigenvalue weighted by Crippen LogP contribution is 2.31. The molecule has 0 radical (unpaired) electrons. The number of hydrogen-bond acceptors (Lipinski definition) is 3. The number of benzene rings is 1. The first-order chi connectivity index (χ1) is 8.24. The molecule has 0 spiro atoms. The Morgan fingerprint density at radius 3 is 2.88 bits per heavy atom. The lowest BCUT2D eigenvalue weighted by atomic mass is 10.1. The van der Waals surface area contributed by atoms with Crippen LogP contribution in [0, 0.1) is 18.3 Å². The van der Waals surface area contributed by atoms with Crippen molar-refractivity contribution < 1.29 is 0 Å². The summed E-state index contributed by atoms with van der Waals surface area (Å²) < 4.78 is 0. The summed E-state index contributed by atoms with van der Waals surface area (Å²) >= 11 is 1.96. The third-order valence-corrected chi connectivity index (χ3v) is 4.62. The fourth-order valence-electron chi connectivity index (χ4n) is 2.47. The molecule has 1 saturated carbocycles. The lowest BCUT2D eigenvalue weighted by Gasteiger charge is -2.20. The van der Waals surface area contributed by atoms with E-state index in [1.165, 1.54) is 19.3 Å². The molecule has 1 N–H and O–H groups in total. The molecule has 0 aromatic heterocycles. The van der Waals surface area contributed by atoms with Gasteiger partial charge in [-0.1, -0.05) is 6.42 Å². The first-order valence-corrected chi connectivity index (χ1v) is 7.33. The molecular weight excluding hydrogens is 228 g/mol.